The van der Waals surface area contributed by atoms with Gasteiger partial charge in [-0.2, -0.15) is 0 Å². The number of hydrogen-bond acceptors (Lipinski definition) is 2. The summed E-state index contributed by atoms with van der Waals surface area (Å²) in [6.45, 7) is 6.21. The minimum Gasteiger partial charge on any atom is -0.364 e. The van der Waals surface area contributed by atoms with Crippen molar-refractivity contribution in [1.82, 2.24) is 4.90 Å². The van der Waals surface area contributed by atoms with Crippen molar-refractivity contribution in [3.63, 3.8) is 0 Å². The molecule has 1 aliphatic heterocycles. The quantitative estimate of drug-likeness (QED) is 0.785. The van der Waals surface area contributed by atoms with E-state index in [9.17, 15) is 8.78 Å². The molecule has 1 fully saturated rings. The first-order valence-electron chi connectivity index (χ1n) is 6.67. The minimum atomic E-state index is -0.514. The normalized spacial score (nSPS) is 16.9. The van der Waals surface area contributed by atoms with E-state index in [2.05, 4.69) is 11.8 Å². The molecule has 1 heterocycles. The van der Waals surface area contributed by atoms with Crippen molar-refractivity contribution in [2.24, 2.45) is 0 Å². The summed E-state index contributed by atoms with van der Waals surface area (Å²) >= 11 is 5.61. The number of piperazine rings is 1. The van der Waals surface area contributed by atoms with Gasteiger partial charge < -0.3 is 4.90 Å². The van der Waals surface area contributed by atoms with Crippen LogP contribution in [0, 0.1) is 11.6 Å². The average molecular weight is 289 g/mol. The highest BCUT2D eigenvalue weighted by Gasteiger charge is 2.22. The molecule has 2 nitrogen and oxygen atoms in total. The summed E-state index contributed by atoms with van der Waals surface area (Å²) in [6, 6.07) is 2.65. The third kappa shape index (κ3) is 3.37. The van der Waals surface area contributed by atoms with E-state index >= 15 is 0 Å². The number of anilines is 1. The Morgan fingerprint density at radius 3 is 2.16 bits per heavy atom. The van der Waals surface area contributed by atoms with Gasteiger partial charge in [-0.3, -0.25) is 4.90 Å². The van der Waals surface area contributed by atoms with Crippen LogP contribution in [0.1, 0.15) is 18.9 Å². The fourth-order valence-corrected chi connectivity index (χ4v) is 2.66. The second kappa shape index (κ2) is 6.53. The Morgan fingerprint density at radius 1 is 1.11 bits per heavy atom. The SMILES string of the molecule is CCCN1CCN(c2c(F)cc(CCl)cc2F)CC1. The molecule has 0 radical (unpaired) electrons. The number of alkyl halides is 1. The maximum atomic E-state index is 14.0. The molecule has 0 atom stereocenters. The van der Waals surface area contributed by atoms with Gasteiger partial charge in [0.05, 0.1) is 0 Å². The lowest BCUT2D eigenvalue weighted by atomic mass is 10.1. The molecule has 1 aromatic carbocycles. The number of rotatable bonds is 4. The predicted molar refractivity (Wildman–Crippen MR) is 74.9 cm³/mol. The van der Waals surface area contributed by atoms with E-state index in [-0.39, 0.29) is 11.6 Å². The third-order valence-electron chi connectivity index (χ3n) is 3.46. The van der Waals surface area contributed by atoms with E-state index in [1.54, 1.807) is 4.90 Å². The van der Waals surface area contributed by atoms with Gasteiger partial charge in [0.15, 0.2) is 0 Å². The van der Waals surface area contributed by atoms with Crippen molar-refractivity contribution < 1.29 is 8.78 Å². The summed E-state index contributed by atoms with van der Waals surface area (Å²) in [5, 5.41) is 0. The van der Waals surface area contributed by atoms with Gasteiger partial charge in [0.25, 0.3) is 0 Å². The van der Waals surface area contributed by atoms with Crippen molar-refractivity contribution >= 4 is 17.3 Å². The second-order valence-electron chi connectivity index (χ2n) is 4.87. The Balaban J connectivity index is 2.11. The van der Waals surface area contributed by atoms with E-state index in [0.29, 0.717) is 18.7 Å². The molecule has 0 N–H and O–H groups in total. The van der Waals surface area contributed by atoms with Gasteiger partial charge in [-0.15, -0.1) is 11.6 Å². The van der Waals surface area contributed by atoms with Crippen LogP contribution in [0.4, 0.5) is 14.5 Å². The van der Waals surface area contributed by atoms with E-state index in [1.807, 2.05) is 0 Å². The zero-order chi connectivity index (χ0) is 13.8. The molecule has 1 aliphatic rings. The molecule has 1 saturated heterocycles. The van der Waals surface area contributed by atoms with Crippen LogP contribution in [0.3, 0.4) is 0 Å². The van der Waals surface area contributed by atoms with Crippen molar-refractivity contribution in [2.75, 3.05) is 37.6 Å². The van der Waals surface area contributed by atoms with Gasteiger partial charge in [-0.1, -0.05) is 6.92 Å². The summed E-state index contributed by atoms with van der Waals surface area (Å²) in [5.41, 5.74) is 0.565. The fraction of sp³-hybridized carbons (Fsp3) is 0.571. The topological polar surface area (TPSA) is 6.48 Å². The largest absolute Gasteiger partial charge is 0.364 e. The highest BCUT2D eigenvalue weighted by atomic mass is 35.5. The molecule has 0 spiro atoms. The van der Waals surface area contributed by atoms with Gasteiger partial charge in [0.2, 0.25) is 0 Å². The average Bonchev–Trinajstić information content (AvgIpc) is 2.40. The first-order chi connectivity index (χ1) is 9.15. The first-order valence-corrected chi connectivity index (χ1v) is 7.20. The monoisotopic (exact) mass is 288 g/mol. The minimum absolute atomic E-state index is 0.0880. The van der Waals surface area contributed by atoms with Crippen LogP contribution in [0.15, 0.2) is 12.1 Å². The lowest BCUT2D eigenvalue weighted by Crippen LogP contribution is -2.47. The van der Waals surface area contributed by atoms with Crippen molar-refractivity contribution in [3.05, 3.63) is 29.3 Å². The van der Waals surface area contributed by atoms with Crippen LogP contribution in [-0.2, 0) is 5.88 Å². The van der Waals surface area contributed by atoms with E-state index in [0.717, 1.165) is 26.1 Å². The van der Waals surface area contributed by atoms with E-state index in [1.165, 1.54) is 12.1 Å². The molecule has 0 aliphatic carbocycles. The lowest BCUT2D eigenvalue weighted by Gasteiger charge is -2.36. The Morgan fingerprint density at radius 2 is 1.68 bits per heavy atom. The number of hydrogen-bond donors (Lipinski definition) is 0. The molecule has 5 heteroatoms. The predicted octanol–water partition coefficient (Wildman–Crippen LogP) is 3.24. The molecule has 1 aromatic rings. The van der Waals surface area contributed by atoms with Gasteiger partial charge in [0.1, 0.15) is 17.3 Å². The number of halogens is 3. The van der Waals surface area contributed by atoms with Crippen LogP contribution >= 0.6 is 11.6 Å². The second-order valence-corrected chi connectivity index (χ2v) is 5.14. The molecule has 19 heavy (non-hydrogen) atoms. The fourth-order valence-electron chi connectivity index (χ4n) is 2.51. The Bertz CT molecular complexity index is 408. The zero-order valence-corrected chi connectivity index (χ0v) is 11.9. The summed E-state index contributed by atoms with van der Waals surface area (Å²) in [4.78, 5) is 4.11. The summed E-state index contributed by atoms with van der Waals surface area (Å²) in [5.74, 6) is -0.905. The molecular formula is C14H19ClF2N2. The van der Waals surface area contributed by atoms with Crippen LogP contribution in [0.5, 0.6) is 0 Å². The highest BCUT2D eigenvalue weighted by molar-refractivity contribution is 6.17. The van der Waals surface area contributed by atoms with E-state index < -0.39 is 11.6 Å². The molecule has 0 saturated carbocycles. The molecule has 0 unspecified atom stereocenters. The Labute approximate surface area is 117 Å². The van der Waals surface area contributed by atoms with Gasteiger partial charge >= 0.3 is 0 Å². The molecule has 0 amide bonds. The van der Waals surface area contributed by atoms with Gasteiger partial charge in [-0.25, -0.2) is 8.78 Å². The summed E-state index contributed by atoms with van der Waals surface area (Å²) < 4.78 is 27.9. The van der Waals surface area contributed by atoms with Crippen LogP contribution in [0.2, 0.25) is 0 Å². The number of nitrogens with zero attached hydrogens (tertiary/aromatic N) is 2. The standard InChI is InChI=1S/C14H19ClF2N2/c1-2-3-18-4-6-19(7-5-18)14-12(16)8-11(10-15)9-13(14)17/h8-9H,2-7,10H2,1H3. The first kappa shape index (κ1) is 14.5. The molecule has 0 bridgehead atoms. The van der Waals surface area contributed by atoms with Crippen molar-refractivity contribution in [3.8, 4) is 0 Å². The van der Waals surface area contributed by atoms with Crippen LogP contribution in [-0.4, -0.2) is 37.6 Å². The van der Waals surface area contributed by atoms with E-state index in [4.69, 9.17) is 11.6 Å². The van der Waals surface area contributed by atoms with Crippen molar-refractivity contribution in [1.29, 1.82) is 0 Å². The highest BCUT2D eigenvalue weighted by Crippen LogP contribution is 2.26. The Hall–Kier alpha value is -0.870. The molecule has 0 aromatic heterocycles. The molecular weight excluding hydrogens is 270 g/mol. The maximum Gasteiger partial charge on any atom is 0.149 e. The number of benzene rings is 1. The maximum absolute atomic E-state index is 14.0. The van der Waals surface area contributed by atoms with Crippen LogP contribution < -0.4 is 4.90 Å². The Kier molecular flexibility index (Phi) is 4.99. The van der Waals surface area contributed by atoms with Gasteiger partial charge in [-0.05, 0) is 30.7 Å². The zero-order valence-electron chi connectivity index (χ0n) is 11.1. The molecule has 2 rings (SSSR count). The lowest BCUT2D eigenvalue weighted by molar-refractivity contribution is 0.257. The van der Waals surface area contributed by atoms with Crippen molar-refractivity contribution in [2.45, 2.75) is 19.2 Å². The van der Waals surface area contributed by atoms with Gasteiger partial charge in [0, 0.05) is 32.1 Å². The smallest absolute Gasteiger partial charge is 0.149 e. The molecule has 106 valence electrons. The van der Waals surface area contributed by atoms with Crippen LogP contribution in [0.25, 0.3) is 0 Å². The summed E-state index contributed by atoms with van der Waals surface area (Å²) in [6.07, 6.45) is 1.10. The summed E-state index contributed by atoms with van der Waals surface area (Å²) in [7, 11) is 0. The third-order valence-corrected chi connectivity index (χ3v) is 3.77.